The molecule has 0 spiro atoms. The molecule has 0 aromatic carbocycles. The van der Waals surface area contributed by atoms with Crippen molar-refractivity contribution in [1.82, 2.24) is 0 Å². The zero-order valence-corrected chi connectivity index (χ0v) is 8.45. The summed E-state index contributed by atoms with van der Waals surface area (Å²) in [4.78, 5) is 11.5. The van der Waals surface area contributed by atoms with Crippen LogP contribution in [0.25, 0.3) is 0 Å². The van der Waals surface area contributed by atoms with E-state index in [0.29, 0.717) is 6.61 Å². The van der Waals surface area contributed by atoms with E-state index in [1.807, 2.05) is 6.07 Å². The lowest BCUT2D eigenvalue weighted by atomic mass is 9.84. The molecule has 0 N–H and O–H groups in total. The Morgan fingerprint density at radius 1 is 1.71 bits per heavy atom. The molecule has 1 aliphatic carbocycles. The van der Waals surface area contributed by atoms with E-state index in [0.717, 1.165) is 31.3 Å². The van der Waals surface area contributed by atoms with Gasteiger partial charge in [0.15, 0.2) is 0 Å². The van der Waals surface area contributed by atoms with E-state index in [-0.39, 0.29) is 11.9 Å². The Kier molecular flexibility index (Phi) is 4.18. The molecule has 0 aromatic rings. The highest BCUT2D eigenvalue weighted by Crippen LogP contribution is 2.30. The molecular formula is C11H15NO2. The monoisotopic (exact) mass is 193 g/mol. The van der Waals surface area contributed by atoms with Crippen molar-refractivity contribution in [3.8, 4) is 6.07 Å². The molecule has 1 aliphatic rings. The third kappa shape index (κ3) is 2.59. The molecule has 3 nitrogen and oxygen atoms in total. The molecule has 0 amide bonds. The van der Waals surface area contributed by atoms with Crippen molar-refractivity contribution in [3.63, 3.8) is 0 Å². The average Bonchev–Trinajstić information content (AvgIpc) is 2.19. The van der Waals surface area contributed by atoms with Gasteiger partial charge >= 0.3 is 5.97 Å². The fourth-order valence-corrected chi connectivity index (χ4v) is 1.80. The molecule has 3 heteroatoms. The highest BCUT2D eigenvalue weighted by atomic mass is 16.5. The van der Waals surface area contributed by atoms with Crippen LogP contribution in [0.15, 0.2) is 11.6 Å². The molecule has 1 atom stereocenters. The van der Waals surface area contributed by atoms with Gasteiger partial charge in [0.05, 0.1) is 18.6 Å². The Morgan fingerprint density at radius 2 is 2.50 bits per heavy atom. The van der Waals surface area contributed by atoms with Gasteiger partial charge < -0.3 is 4.74 Å². The fraction of sp³-hybridized carbons (Fsp3) is 0.636. The predicted molar refractivity (Wildman–Crippen MR) is 52.3 cm³/mol. The number of rotatable bonds is 2. The van der Waals surface area contributed by atoms with E-state index in [9.17, 15) is 4.79 Å². The van der Waals surface area contributed by atoms with Gasteiger partial charge in [-0.2, -0.15) is 5.26 Å². The van der Waals surface area contributed by atoms with E-state index in [1.54, 1.807) is 6.92 Å². The maximum absolute atomic E-state index is 11.5. The van der Waals surface area contributed by atoms with Crippen LogP contribution in [0.1, 0.15) is 32.6 Å². The Morgan fingerprint density at radius 3 is 3.14 bits per heavy atom. The van der Waals surface area contributed by atoms with Crippen LogP contribution in [0.2, 0.25) is 0 Å². The van der Waals surface area contributed by atoms with Gasteiger partial charge in [0, 0.05) is 6.08 Å². The standard InChI is InChI=1S/C11H15NO2/c1-2-14-11(13)10-6-4-3-5-9(10)7-8-12/h7,10H,2-6H2,1H3/b9-7+. The maximum atomic E-state index is 11.5. The summed E-state index contributed by atoms with van der Waals surface area (Å²) in [5.74, 6) is -0.336. The quantitative estimate of drug-likeness (QED) is 0.499. The largest absolute Gasteiger partial charge is 0.466 e. The van der Waals surface area contributed by atoms with Gasteiger partial charge in [0.25, 0.3) is 0 Å². The van der Waals surface area contributed by atoms with Gasteiger partial charge in [-0.1, -0.05) is 6.42 Å². The van der Waals surface area contributed by atoms with Gasteiger partial charge in [0.2, 0.25) is 0 Å². The van der Waals surface area contributed by atoms with E-state index in [2.05, 4.69) is 0 Å². The molecule has 0 saturated heterocycles. The van der Waals surface area contributed by atoms with Crippen molar-refractivity contribution >= 4 is 5.97 Å². The summed E-state index contributed by atoms with van der Waals surface area (Å²) in [6.07, 6.45) is 5.31. The van der Waals surface area contributed by atoms with Crippen LogP contribution in [0.4, 0.5) is 0 Å². The van der Waals surface area contributed by atoms with Crippen LogP contribution in [-0.4, -0.2) is 12.6 Å². The second-order valence-corrected chi connectivity index (χ2v) is 3.40. The first-order chi connectivity index (χ1) is 6.79. The molecule has 0 aromatic heterocycles. The molecule has 0 aliphatic heterocycles. The van der Waals surface area contributed by atoms with Crippen LogP contribution < -0.4 is 0 Å². The van der Waals surface area contributed by atoms with E-state index < -0.39 is 0 Å². The molecule has 1 fully saturated rings. The maximum Gasteiger partial charge on any atom is 0.313 e. The molecule has 1 unspecified atom stereocenters. The van der Waals surface area contributed by atoms with Crippen LogP contribution in [-0.2, 0) is 9.53 Å². The normalized spacial score (nSPS) is 24.3. The second kappa shape index (κ2) is 5.43. The van der Waals surface area contributed by atoms with Crippen molar-refractivity contribution in [2.45, 2.75) is 32.6 Å². The SMILES string of the molecule is CCOC(=O)C1CCCC/C1=C\C#N. The number of esters is 1. The summed E-state index contributed by atoms with van der Waals surface area (Å²) in [6.45, 7) is 2.21. The summed E-state index contributed by atoms with van der Waals surface area (Å²) in [5.41, 5.74) is 0.942. The van der Waals surface area contributed by atoms with Gasteiger partial charge in [-0.15, -0.1) is 0 Å². The zero-order chi connectivity index (χ0) is 10.4. The summed E-state index contributed by atoms with van der Waals surface area (Å²) >= 11 is 0. The first kappa shape index (κ1) is 10.8. The summed E-state index contributed by atoms with van der Waals surface area (Å²) in [7, 11) is 0. The highest BCUT2D eigenvalue weighted by Gasteiger charge is 2.26. The first-order valence-corrected chi connectivity index (χ1v) is 5.04. The molecule has 0 bridgehead atoms. The van der Waals surface area contributed by atoms with Crippen molar-refractivity contribution in [1.29, 1.82) is 5.26 Å². The fourth-order valence-electron chi connectivity index (χ4n) is 1.80. The van der Waals surface area contributed by atoms with Crippen LogP contribution in [0.3, 0.4) is 0 Å². The Bertz CT molecular complexity index is 276. The minimum absolute atomic E-state index is 0.164. The van der Waals surface area contributed by atoms with E-state index >= 15 is 0 Å². The Hall–Kier alpha value is -1.30. The molecule has 14 heavy (non-hydrogen) atoms. The molecule has 1 rings (SSSR count). The topological polar surface area (TPSA) is 50.1 Å². The van der Waals surface area contributed by atoms with Gasteiger partial charge in [-0.05, 0) is 31.8 Å². The number of ether oxygens (including phenoxy) is 1. The molecule has 1 saturated carbocycles. The van der Waals surface area contributed by atoms with Crippen LogP contribution >= 0.6 is 0 Å². The van der Waals surface area contributed by atoms with E-state index in [4.69, 9.17) is 10.00 Å². The van der Waals surface area contributed by atoms with Gasteiger partial charge in [0.1, 0.15) is 0 Å². The average molecular weight is 193 g/mol. The number of carbonyl (C=O) groups is 1. The number of nitrogens with zero attached hydrogens (tertiary/aromatic N) is 1. The third-order valence-electron chi connectivity index (χ3n) is 2.48. The lowest BCUT2D eigenvalue weighted by Crippen LogP contribution is -2.22. The Labute approximate surface area is 84.4 Å². The molecule has 0 heterocycles. The third-order valence-corrected chi connectivity index (χ3v) is 2.48. The molecule has 0 radical (unpaired) electrons. The Balaban J connectivity index is 2.68. The van der Waals surface area contributed by atoms with E-state index in [1.165, 1.54) is 6.08 Å². The minimum Gasteiger partial charge on any atom is -0.466 e. The van der Waals surface area contributed by atoms with Crippen molar-refractivity contribution < 1.29 is 9.53 Å². The summed E-state index contributed by atoms with van der Waals surface area (Å²) in [5, 5.41) is 8.57. The highest BCUT2D eigenvalue weighted by molar-refractivity contribution is 5.76. The van der Waals surface area contributed by atoms with Gasteiger partial charge in [-0.25, -0.2) is 0 Å². The van der Waals surface area contributed by atoms with Crippen molar-refractivity contribution in [2.75, 3.05) is 6.61 Å². The van der Waals surface area contributed by atoms with Gasteiger partial charge in [-0.3, -0.25) is 4.79 Å². The predicted octanol–water partition coefficient (Wildman–Crippen LogP) is 2.19. The molecular weight excluding hydrogens is 178 g/mol. The number of hydrogen-bond acceptors (Lipinski definition) is 3. The number of allylic oxidation sites excluding steroid dienone is 1. The zero-order valence-electron chi connectivity index (χ0n) is 8.45. The lowest BCUT2D eigenvalue weighted by Gasteiger charge is -2.22. The number of carbonyl (C=O) groups excluding carboxylic acids is 1. The van der Waals surface area contributed by atoms with Crippen LogP contribution in [0.5, 0.6) is 0 Å². The molecule has 76 valence electrons. The number of nitriles is 1. The summed E-state index contributed by atoms with van der Waals surface area (Å²) in [6, 6.07) is 1.99. The summed E-state index contributed by atoms with van der Waals surface area (Å²) < 4.78 is 4.97. The second-order valence-electron chi connectivity index (χ2n) is 3.40. The van der Waals surface area contributed by atoms with Crippen molar-refractivity contribution in [2.24, 2.45) is 5.92 Å². The number of hydrogen-bond donors (Lipinski definition) is 0. The minimum atomic E-state index is -0.172. The lowest BCUT2D eigenvalue weighted by molar-refractivity contribution is -0.147. The first-order valence-electron chi connectivity index (χ1n) is 5.04. The van der Waals surface area contributed by atoms with Crippen molar-refractivity contribution in [3.05, 3.63) is 11.6 Å². The van der Waals surface area contributed by atoms with Crippen LogP contribution in [0, 0.1) is 17.2 Å². The smallest absolute Gasteiger partial charge is 0.313 e.